The average molecular weight is 270 g/mol. The predicted octanol–water partition coefficient (Wildman–Crippen LogP) is -1.42. The fourth-order valence-corrected chi connectivity index (χ4v) is 1.81. The van der Waals surface area contributed by atoms with E-state index in [1.807, 2.05) is 0 Å². The van der Waals surface area contributed by atoms with Crippen LogP contribution < -0.4 is 5.32 Å². The van der Waals surface area contributed by atoms with Crippen LogP contribution in [0.5, 0.6) is 0 Å². The Labute approximate surface area is 108 Å². The third kappa shape index (κ3) is 3.61. The molecule has 0 aliphatic carbocycles. The van der Waals surface area contributed by atoms with Crippen molar-refractivity contribution in [2.45, 2.75) is 19.0 Å². The molecule has 1 aliphatic heterocycles. The van der Waals surface area contributed by atoms with E-state index in [0.29, 0.717) is 19.0 Å². The van der Waals surface area contributed by atoms with Gasteiger partial charge in [-0.15, -0.1) is 10.2 Å². The van der Waals surface area contributed by atoms with Crippen LogP contribution in [0.3, 0.4) is 0 Å². The van der Waals surface area contributed by atoms with E-state index >= 15 is 0 Å². The van der Waals surface area contributed by atoms with Gasteiger partial charge in [0.1, 0.15) is 0 Å². The minimum absolute atomic E-state index is 0.131. The van der Waals surface area contributed by atoms with Crippen molar-refractivity contribution in [3.8, 4) is 0 Å². The number of ether oxygens (including phenoxy) is 1. The molecule has 104 valence electrons. The molecule has 2 heterocycles. The number of tetrazole rings is 1. The molecule has 10 nitrogen and oxygen atoms in total. The first-order chi connectivity index (χ1) is 9.16. The molecule has 0 aromatic carbocycles. The van der Waals surface area contributed by atoms with Gasteiger partial charge in [-0.25, -0.2) is 4.79 Å². The molecule has 1 unspecified atom stereocenters. The van der Waals surface area contributed by atoms with Crippen LogP contribution in [-0.2, 0) is 16.1 Å². The van der Waals surface area contributed by atoms with Gasteiger partial charge in [0.15, 0.2) is 5.82 Å². The van der Waals surface area contributed by atoms with Crippen molar-refractivity contribution in [2.75, 3.05) is 19.8 Å². The second-order valence-electron chi connectivity index (χ2n) is 4.01. The topological polar surface area (TPSA) is 133 Å². The Hall–Kier alpha value is -2.23. The number of nitrogens with zero attached hydrogens (tertiary/aromatic N) is 4. The van der Waals surface area contributed by atoms with Crippen molar-refractivity contribution in [1.29, 1.82) is 0 Å². The Morgan fingerprint density at radius 3 is 3.11 bits per heavy atom. The van der Waals surface area contributed by atoms with Crippen LogP contribution in [0.25, 0.3) is 0 Å². The van der Waals surface area contributed by atoms with Crippen LogP contribution in [0.4, 0.5) is 4.79 Å². The first-order valence-electron chi connectivity index (χ1n) is 5.73. The summed E-state index contributed by atoms with van der Waals surface area (Å²) in [6.07, 6.45) is -0.143. The third-order valence-corrected chi connectivity index (χ3v) is 2.69. The maximum atomic E-state index is 12.0. The lowest BCUT2D eigenvalue weighted by Gasteiger charge is -2.34. The van der Waals surface area contributed by atoms with Gasteiger partial charge in [-0.05, 0) is 0 Å². The highest BCUT2D eigenvalue weighted by Crippen LogP contribution is 2.10. The molecule has 2 rings (SSSR count). The Bertz CT molecular complexity index is 436. The van der Waals surface area contributed by atoms with Gasteiger partial charge in [-0.2, -0.15) is 5.21 Å². The maximum absolute atomic E-state index is 12.0. The number of rotatable bonds is 4. The van der Waals surface area contributed by atoms with Gasteiger partial charge >= 0.3 is 12.0 Å². The lowest BCUT2D eigenvalue weighted by Crippen LogP contribution is -2.53. The highest BCUT2D eigenvalue weighted by Gasteiger charge is 2.29. The van der Waals surface area contributed by atoms with E-state index in [4.69, 9.17) is 9.84 Å². The molecule has 10 heteroatoms. The molecule has 0 spiro atoms. The number of H-pyrrole nitrogens is 1. The second-order valence-corrected chi connectivity index (χ2v) is 4.01. The van der Waals surface area contributed by atoms with Crippen LogP contribution in [0, 0.1) is 0 Å². The lowest BCUT2D eigenvalue weighted by atomic mass is 10.1. The molecule has 3 N–H and O–H groups in total. The maximum Gasteiger partial charge on any atom is 0.318 e. The summed E-state index contributed by atoms with van der Waals surface area (Å²) in [5, 5.41) is 24.5. The van der Waals surface area contributed by atoms with E-state index < -0.39 is 12.0 Å². The van der Waals surface area contributed by atoms with E-state index in [1.165, 1.54) is 4.90 Å². The molecule has 2 amide bonds. The molecule has 1 aliphatic rings. The zero-order valence-electron chi connectivity index (χ0n) is 10.1. The van der Waals surface area contributed by atoms with Crippen molar-refractivity contribution in [3.05, 3.63) is 5.82 Å². The molecular weight excluding hydrogens is 256 g/mol. The predicted molar refractivity (Wildman–Crippen MR) is 60.0 cm³/mol. The number of carbonyl (C=O) groups is 2. The Morgan fingerprint density at radius 1 is 1.58 bits per heavy atom. The average Bonchev–Trinajstić information content (AvgIpc) is 2.89. The molecule has 1 aromatic heterocycles. The SMILES string of the molecule is O=C(O)CC1COCCN1C(=O)NCc1nn[nH]n1. The lowest BCUT2D eigenvalue weighted by molar-refractivity contribution is -0.139. The zero-order valence-corrected chi connectivity index (χ0v) is 10.1. The van der Waals surface area contributed by atoms with Gasteiger partial charge in [0.25, 0.3) is 0 Å². The summed E-state index contributed by atoms with van der Waals surface area (Å²) in [6.45, 7) is 1.11. The smallest absolute Gasteiger partial charge is 0.318 e. The molecule has 0 bridgehead atoms. The van der Waals surface area contributed by atoms with Gasteiger partial charge in [-0.1, -0.05) is 5.21 Å². The molecule has 0 radical (unpaired) electrons. The number of aliphatic carboxylic acids is 1. The van der Waals surface area contributed by atoms with Crippen LogP contribution >= 0.6 is 0 Å². The largest absolute Gasteiger partial charge is 0.481 e. The number of hydrogen-bond acceptors (Lipinski definition) is 6. The molecule has 0 saturated carbocycles. The number of amides is 2. The highest BCUT2D eigenvalue weighted by atomic mass is 16.5. The fraction of sp³-hybridized carbons (Fsp3) is 0.667. The minimum atomic E-state index is -0.966. The Morgan fingerprint density at radius 2 is 2.42 bits per heavy atom. The van der Waals surface area contributed by atoms with Crippen LogP contribution in [-0.4, -0.2) is 68.4 Å². The number of morpholine rings is 1. The first-order valence-corrected chi connectivity index (χ1v) is 5.73. The molecule has 1 atom stereocenters. The monoisotopic (exact) mass is 270 g/mol. The van der Waals surface area contributed by atoms with Crippen molar-refractivity contribution < 1.29 is 19.4 Å². The van der Waals surface area contributed by atoms with E-state index in [-0.39, 0.29) is 25.6 Å². The van der Waals surface area contributed by atoms with E-state index in [2.05, 4.69) is 25.9 Å². The minimum Gasteiger partial charge on any atom is -0.481 e. The highest BCUT2D eigenvalue weighted by molar-refractivity contribution is 5.76. The number of hydrogen-bond donors (Lipinski definition) is 3. The fourth-order valence-electron chi connectivity index (χ4n) is 1.81. The Balaban J connectivity index is 1.89. The van der Waals surface area contributed by atoms with E-state index in [0.717, 1.165) is 0 Å². The van der Waals surface area contributed by atoms with Crippen LogP contribution in [0.2, 0.25) is 0 Å². The summed E-state index contributed by atoms with van der Waals surface area (Å²) in [4.78, 5) is 24.2. The first kappa shape index (κ1) is 13.2. The Kier molecular flexibility index (Phi) is 4.23. The van der Waals surface area contributed by atoms with E-state index in [9.17, 15) is 9.59 Å². The second kappa shape index (κ2) is 6.09. The summed E-state index contributed by atoms with van der Waals surface area (Å²) >= 11 is 0. The zero-order chi connectivity index (χ0) is 13.7. The number of carbonyl (C=O) groups excluding carboxylic acids is 1. The summed E-state index contributed by atoms with van der Waals surface area (Å²) < 4.78 is 5.19. The standard InChI is InChI=1S/C9H14N6O4/c16-8(17)3-6-5-19-2-1-15(6)9(18)10-4-7-11-13-14-12-7/h6H,1-5H2,(H,10,18)(H,16,17)(H,11,12,13,14). The molecular formula is C9H14N6O4. The molecule has 1 aromatic rings. The molecule has 1 saturated heterocycles. The quantitative estimate of drug-likeness (QED) is 0.611. The summed E-state index contributed by atoms with van der Waals surface area (Å²) in [6, 6.07) is -0.823. The van der Waals surface area contributed by atoms with Gasteiger partial charge in [0.05, 0.1) is 32.2 Å². The number of urea groups is 1. The number of nitrogens with one attached hydrogen (secondary N) is 2. The number of aromatic nitrogens is 4. The summed E-state index contributed by atoms with van der Waals surface area (Å²) in [7, 11) is 0. The van der Waals surface area contributed by atoms with Crippen LogP contribution in [0.15, 0.2) is 0 Å². The van der Waals surface area contributed by atoms with Crippen molar-refractivity contribution in [2.24, 2.45) is 0 Å². The van der Waals surface area contributed by atoms with Crippen molar-refractivity contribution in [3.63, 3.8) is 0 Å². The van der Waals surface area contributed by atoms with Crippen molar-refractivity contribution >= 4 is 12.0 Å². The van der Waals surface area contributed by atoms with Gasteiger partial charge < -0.3 is 20.1 Å². The van der Waals surface area contributed by atoms with Crippen molar-refractivity contribution in [1.82, 2.24) is 30.8 Å². The van der Waals surface area contributed by atoms with E-state index in [1.54, 1.807) is 0 Å². The molecule has 19 heavy (non-hydrogen) atoms. The van der Waals surface area contributed by atoms with Gasteiger partial charge in [0.2, 0.25) is 0 Å². The number of carboxylic acid groups (broad SMARTS) is 1. The van der Waals surface area contributed by atoms with Crippen LogP contribution in [0.1, 0.15) is 12.2 Å². The molecule has 1 fully saturated rings. The van der Waals surface area contributed by atoms with Gasteiger partial charge in [-0.3, -0.25) is 4.79 Å². The summed E-state index contributed by atoms with van der Waals surface area (Å²) in [5.74, 6) is -0.608. The van der Waals surface area contributed by atoms with Gasteiger partial charge in [0, 0.05) is 6.54 Å². The normalized spacial score (nSPS) is 19.2. The summed E-state index contributed by atoms with van der Waals surface area (Å²) in [5.41, 5.74) is 0. The number of carboxylic acids is 1. The number of aromatic amines is 1. The third-order valence-electron chi connectivity index (χ3n) is 2.69.